The molecule has 0 aliphatic carbocycles. The topological polar surface area (TPSA) is 65.1 Å². The summed E-state index contributed by atoms with van der Waals surface area (Å²) in [5, 5.41) is 0. The van der Waals surface area contributed by atoms with Gasteiger partial charge in [0.15, 0.2) is 0 Å². The first-order valence-electron chi connectivity index (χ1n) is 5.78. The van der Waals surface area contributed by atoms with E-state index in [1.165, 1.54) is 0 Å². The zero-order valence-corrected chi connectivity index (χ0v) is 10.1. The lowest BCUT2D eigenvalue weighted by Crippen LogP contribution is -2.38. The van der Waals surface area contributed by atoms with Crippen LogP contribution >= 0.6 is 0 Å². The number of hydrogen-bond donors (Lipinski definition) is 2. The summed E-state index contributed by atoms with van der Waals surface area (Å²) in [5.74, 6) is 6.55. The van der Waals surface area contributed by atoms with Gasteiger partial charge in [-0.3, -0.25) is 11.3 Å². The lowest BCUT2D eigenvalue weighted by molar-refractivity contribution is 0.124. The van der Waals surface area contributed by atoms with Crippen molar-refractivity contribution in [2.45, 2.75) is 32.2 Å². The molecule has 0 spiro atoms. The molecule has 1 rings (SSSR count). The second-order valence-corrected chi connectivity index (χ2v) is 3.92. The Bertz CT molecular complexity index is 287. The van der Waals surface area contributed by atoms with E-state index < -0.39 is 0 Å². The van der Waals surface area contributed by atoms with Gasteiger partial charge in [-0.15, -0.1) is 0 Å². The number of aryl methyl sites for hydroxylation is 1. The number of imidazole rings is 1. The summed E-state index contributed by atoms with van der Waals surface area (Å²) in [6.07, 6.45) is 6.53. The van der Waals surface area contributed by atoms with Crippen molar-refractivity contribution >= 4 is 0 Å². The molecule has 16 heavy (non-hydrogen) atoms. The minimum absolute atomic E-state index is 0.220. The summed E-state index contributed by atoms with van der Waals surface area (Å²) < 4.78 is 7.45. The van der Waals surface area contributed by atoms with Crippen LogP contribution in [0.4, 0.5) is 0 Å². The zero-order valence-electron chi connectivity index (χ0n) is 10.1. The Hall–Kier alpha value is -0.910. The van der Waals surface area contributed by atoms with Crippen molar-refractivity contribution in [3.8, 4) is 0 Å². The number of nitrogens with one attached hydrogen (secondary N) is 1. The average Bonchev–Trinajstić information content (AvgIpc) is 2.68. The molecule has 1 atom stereocenters. The third-order valence-electron chi connectivity index (χ3n) is 2.54. The van der Waals surface area contributed by atoms with E-state index in [1.54, 1.807) is 6.20 Å². The second kappa shape index (κ2) is 7.38. The maximum absolute atomic E-state index is 5.51. The van der Waals surface area contributed by atoms with Gasteiger partial charge in [0.25, 0.3) is 0 Å². The van der Waals surface area contributed by atoms with E-state index in [4.69, 9.17) is 10.6 Å². The predicted molar refractivity (Wildman–Crippen MR) is 63.8 cm³/mol. The Morgan fingerprint density at radius 3 is 2.94 bits per heavy atom. The van der Waals surface area contributed by atoms with Crippen LogP contribution in [0.1, 0.15) is 25.6 Å². The number of rotatable bonds is 8. The average molecular weight is 226 g/mol. The van der Waals surface area contributed by atoms with Gasteiger partial charge in [0.1, 0.15) is 5.82 Å². The molecule has 1 heterocycles. The van der Waals surface area contributed by atoms with Crippen molar-refractivity contribution in [1.29, 1.82) is 0 Å². The Morgan fingerprint density at radius 1 is 1.56 bits per heavy atom. The molecule has 0 aliphatic rings. The van der Waals surface area contributed by atoms with Gasteiger partial charge in [-0.1, -0.05) is 6.92 Å². The molecule has 1 unspecified atom stereocenters. The molecule has 1 aromatic rings. The standard InChI is InChI=1S/C11H22N4O/c1-3-7-16-8-4-10(14-12)9-11-13-5-6-15(11)2/h5-6,10,14H,3-4,7-9,12H2,1-2H3. The van der Waals surface area contributed by atoms with Crippen LogP contribution in [0.15, 0.2) is 12.4 Å². The van der Waals surface area contributed by atoms with Crippen LogP contribution in [0.3, 0.4) is 0 Å². The first-order valence-corrected chi connectivity index (χ1v) is 5.78. The molecule has 1 aromatic heterocycles. The maximum atomic E-state index is 5.51. The first kappa shape index (κ1) is 13.2. The monoisotopic (exact) mass is 226 g/mol. The van der Waals surface area contributed by atoms with Crippen LogP contribution in [0, 0.1) is 0 Å². The zero-order chi connectivity index (χ0) is 11.8. The lowest BCUT2D eigenvalue weighted by atomic mass is 10.1. The quantitative estimate of drug-likeness (QED) is 0.387. The second-order valence-electron chi connectivity index (χ2n) is 3.92. The highest BCUT2D eigenvalue weighted by Crippen LogP contribution is 2.03. The summed E-state index contributed by atoms with van der Waals surface area (Å²) in [5.41, 5.74) is 2.81. The van der Waals surface area contributed by atoms with E-state index in [1.807, 2.05) is 17.8 Å². The number of ether oxygens (including phenoxy) is 1. The van der Waals surface area contributed by atoms with Crippen molar-refractivity contribution in [3.05, 3.63) is 18.2 Å². The molecule has 0 saturated heterocycles. The normalized spacial score (nSPS) is 12.9. The molecule has 0 saturated carbocycles. The molecular weight excluding hydrogens is 204 g/mol. The van der Waals surface area contributed by atoms with Gasteiger partial charge in [-0.05, 0) is 12.8 Å². The summed E-state index contributed by atoms with van der Waals surface area (Å²) in [7, 11) is 1.99. The molecule has 0 fully saturated rings. The summed E-state index contributed by atoms with van der Waals surface area (Å²) >= 11 is 0. The van der Waals surface area contributed by atoms with E-state index in [9.17, 15) is 0 Å². The van der Waals surface area contributed by atoms with E-state index >= 15 is 0 Å². The van der Waals surface area contributed by atoms with Crippen molar-refractivity contribution in [1.82, 2.24) is 15.0 Å². The minimum atomic E-state index is 0.220. The number of aromatic nitrogens is 2. The molecule has 0 bridgehead atoms. The van der Waals surface area contributed by atoms with Crippen LogP contribution in [0.2, 0.25) is 0 Å². The van der Waals surface area contributed by atoms with Crippen LogP contribution in [0.5, 0.6) is 0 Å². The Labute approximate surface area is 97.0 Å². The first-order chi connectivity index (χ1) is 7.77. The Balaban J connectivity index is 2.29. The van der Waals surface area contributed by atoms with Gasteiger partial charge in [-0.25, -0.2) is 4.98 Å². The molecule has 5 heteroatoms. The van der Waals surface area contributed by atoms with Gasteiger partial charge in [0.2, 0.25) is 0 Å². The highest BCUT2D eigenvalue weighted by molar-refractivity contribution is 4.94. The number of hydrazine groups is 1. The molecule has 92 valence electrons. The Morgan fingerprint density at radius 2 is 2.38 bits per heavy atom. The van der Waals surface area contributed by atoms with Crippen molar-refractivity contribution in [2.24, 2.45) is 12.9 Å². The highest BCUT2D eigenvalue weighted by Gasteiger charge is 2.10. The van der Waals surface area contributed by atoms with E-state index in [-0.39, 0.29) is 6.04 Å². The molecule has 3 N–H and O–H groups in total. The molecule has 0 aliphatic heterocycles. The van der Waals surface area contributed by atoms with Gasteiger partial charge in [0, 0.05) is 45.1 Å². The van der Waals surface area contributed by atoms with E-state index in [0.29, 0.717) is 0 Å². The SMILES string of the molecule is CCCOCCC(Cc1nccn1C)NN. The fourth-order valence-electron chi connectivity index (χ4n) is 1.53. The minimum Gasteiger partial charge on any atom is -0.381 e. The molecule has 0 radical (unpaired) electrons. The number of nitrogens with zero attached hydrogens (tertiary/aromatic N) is 2. The third-order valence-corrected chi connectivity index (χ3v) is 2.54. The van der Waals surface area contributed by atoms with E-state index in [0.717, 1.165) is 38.3 Å². The summed E-state index contributed by atoms with van der Waals surface area (Å²) in [4.78, 5) is 4.27. The highest BCUT2D eigenvalue weighted by atomic mass is 16.5. The van der Waals surface area contributed by atoms with Crippen molar-refractivity contribution in [2.75, 3.05) is 13.2 Å². The largest absolute Gasteiger partial charge is 0.381 e. The number of hydrogen-bond acceptors (Lipinski definition) is 4. The van der Waals surface area contributed by atoms with Crippen molar-refractivity contribution < 1.29 is 4.74 Å². The van der Waals surface area contributed by atoms with Crippen LogP contribution < -0.4 is 11.3 Å². The van der Waals surface area contributed by atoms with Crippen LogP contribution in [-0.2, 0) is 18.2 Å². The number of nitrogens with two attached hydrogens (primary N) is 1. The summed E-state index contributed by atoms with van der Waals surface area (Å²) in [6, 6.07) is 0.220. The van der Waals surface area contributed by atoms with Gasteiger partial charge >= 0.3 is 0 Å². The molecule has 0 amide bonds. The Kier molecular flexibility index (Phi) is 6.07. The summed E-state index contributed by atoms with van der Waals surface area (Å²) in [6.45, 7) is 3.67. The lowest BCUT2D eigenvalue weighted by Gasteiger charge is -2.15. The fraction of sp³-hybridized carbons (Fsp3) is 0.727. The predicted octanol–water partition coefficient (Wildman–Crippen LogP) is 0.611. The van der Waals surface area contributed by atoms with Crippen LogP contribution in [0.25, 0.3) is 0 Å². The maximum Gasteiger partial charge on any atom is 0.109 e. The van der Waals surface area contributed by atoms with E-state index in [2.05, 4.69) is 17.3 Å². The fourth-order valence-corrected chi connectivity index (χ4v) is 1.53. The van der Waals surface area contributed by atoms with Gasteiger partial charge in [0.05, 0.1) is 0 Å². The smallest absolute Gasteiger partial charge is 0.109 e. The van der Waals surface area contributed by atoms with Crippen molar-refractivity contribution in [3.63, 3.8) is 0 Å². The molecule has 5 nitrogen and oxygen atoms in total. The third kappa shape index (κ3) is 4.30. The van der Waals surface area contributed by atoms with Crippen LogP contribution in [-0.4, -0.2) is 28.8 Å². The van der Waals surface area contributed by atoms with Gasteiger partial charge in [-0.2, -0.15) is 0 Å². The van der Waals surface area contributed by atoms with Gasteiger partial charge < -0.3 is 9.30 Å². The molecule has 0 aromatic carbocycles. The molecular formula is C11H22N4O.